The normalized spacial score (nSPS) is 10.9. The van der Waals surface area contributed by atoms with E-state index in [2.05, 4.69) is 40.2 Å². The number of carbonyl (C=O) groups excluding carboxylic acids is 1. The number of benzene rings is 2. The number of Topliss-reactive ketones (excluding diaryl/α,β-unsaturated/α-hetero) is 1. The topological polar surface area (TPSA) is 20.9 Å². The highest BCUT2D eigenvalue weighted by molar-refractivity contribution is 9.10. The summed E-state index contributed by atoms with van der Waals surface area (Å²) in [6.45, 7) is 0.338. The largest absolute Gasteiger partial charge is 0.287 e. The highest BCUT2D eigenvalue weighted by Crippen LogP contribution is 2.11. The zero-order chi connectivity index (χ0) is 16.8. The van der Waals surface area contributed by atoms with Crippen molar-refractivity contribution in [1.82, 2.24) is 0 Å². The summed E-state index contributed by atoms with van der Waals surface area (Å²) in [5.41, 5.74) is 2.99. The predicted molar refractivity (Wildman–Crippen MR) is 100 cm³/mol. The minimum atomic E-state index is 0.0973. The van der Waals surface area contributed by atoms with Crippen LogP contribution in [0.4, 0.5) is 0 Å². The molecular formula is C21H17BrNO+. The molecular weight excluding hydrogens is 362 g/mol. The van der Waals surface area contributed by atoms with Gasteiger partial charge in [0.2, 0.25) is 12.3 Å². The van der Waals surface area contributed by atoms with Crippen molar-refractivity contribution in [2.24, 2.45) is 0 Å². The number of carbonyl (C=O) groups is 1. The van der Waals surface area contributed by atoms with Crippen molar-refractivity contribution in [3.8, 4) is 0 Å². The molecule has 0 aliphatic carbocycles. The van der Waals surface area contributed by atoms with Crippen molar-refractivity contribution in [3.05, 3.63) is 100 Å². The summed E-state index contributed by atoms with van der Waals surface area (Å²) >= 11 is 3.38. The van der Waals surface area contributed by atoms with E-state index in [1.54, 1.807) is 0 Å². The Morgan fingerprint density at radius 1 is 0.833 bits per heavy atom. The average Bonchev–Trinajstić information content (AvgIpc) is 2.62. The number of pyridine rings is 1. The molecule has 1 aromatic heterocycles. The molecule has 0 saturated heterocycles. The molecule has 1 heterocycles. The fourth-order valence-corrected chi connectivity index (χ4v) is 2.60. The lowest BCUT2D eigenvalue weighted by molar-refractivity contribution is -0.683. The number of aromatic nitrogens is 1. The van der Waals surface area contributed by atoms with Crippen LogP contribution in [0.2, 0.25) is 0 Å². The van der Waals surface area contributed by atoms with Gasteiger partial charge in [0, 0.05) is 22.2 Å². The van der Waals surface area contributed by atoms with Gasteiger partial charge in [0.15, 0.2) is 12.4 Å². The van der Waals surface area contributed by atoms with E-state index in [-0.39, 0.29) is 5.78 Å². The Morgan fingerprint density at radius 3 is 2.04 bits per heavy atom. The van der Waals surface area contributed by atoms with Crippen LogP contribution in [0.15, 0.2) is 83.6 Å². The van der Waals surface area contributed by atoms with Crippen LogP contribution >= 0.6 is 15.9 Å². The van der Waals surface area contributed by atoms with E-state index in [0.717, 1.165) is 15.6 Å². The zero-order valence-corrected chi connectivity index (χ0v) is 14.7. The van der Waals surface area contributed by atoms with E-state index in [0.29, 0.717) is 6.54 Å². The second-order valence-electron chi connectivity index (χ2n) is 5.48. The van der Waals surface area contributed by atoms with Crippen molar-refractivity contribution < 1.29 is 9.36 Å². The molecule has 0 aliphatic rings. The van der Waals surface area contributed by atoms with Crippen LogP contribution in [-0.4, -0.2) is 5.78 Å². The molecule has 0 N–H and O–H groups in total. The summed E-state index contributed by atoms with van der Waals surface area (Å²) in [5, 5.41) is 0. The first-order valence-electron chi connectivity index (χ1n) is 7.72. The number of rotatable bonds is 5. The van der Waals surface area contributed by atoms with Gasteiger partial charge in [0.25, 0.3) is 0 Å². The smallest absolute Gasteiger partial charge is 0.227 e. The van der Waals surface area contributed by atoms with Crippen LogP contribution in [0, 0.1) is 0 Å². The minimum absolute atomic E-state index is 0.0973. The van der Waals surface area contributed by atoms with Crippen LogP contribution in [0.3, 0.4) is 0 Å². The van der Waals surface area contributed by atoms with Gasteiger partial charge >= 0.3 is 0 Å². The van der Waals surface area contributed by atoms with Gasteiger partial charge in [0.05, 0.1) is 0 Å². The summed E-state index contributed by atoms with van der Waals surface area (Å²) in [6.07, 6.45) is 8.01. The maximum atomic E-state index is 12.3. The van der Waals surface area contributed by atoms with E-state index >= 15 is 0 Å². The molecule has 3 heteroatoms. The molecule has 0 radical (unpaired) electrons. The van der Waals surface area contributed by atoms with Gasteiger partial charge in [-0.05, 0) is 23.3 Å². The van der Waals surface area contributed by atoms with Gasteiger partial charge in [-0.1, -0.05) is 70.5 Å². The monoisotopic (exact) mass is 378 g/mol. The maximum Gasteiger partial charge on any atom is 0.227 e. The molecule has 0 unspecified atom stereocenters. The van der Waals surface area contributed by atoms with Crippen LogP contribution in [-0.2, 0) is 6.54 Å². The third-order valence-electron chi connectivity index (χ3n) is 3.68. The molecule has 0 aliphatic heterocycles. The number of hydrogen-bond acceptors (Lipinski definition) is 1. The molecule has 0 bridgehead atoms. The van der Waals surface area contributed by atoms with E-state index in [1.165, 1.54) is 5.56 Å². The van der Waals surface area contributed by atoms with Crippen LogP contribution < -0.4 is 4.57 Å². The van der Waals surface area contributed by atoms with Crippen molar-refractivity contribution in [2.45, 2.75) is 6.54 Å². The quantitative estimate of drug-likeness (QED) is 0.461. The molecule has 3 aromatic rings. The first-order chi connectivity index (χ1) is 11.7. The summed E-state index contributed by atoms with van der Waals surface area (Å²) in [7, 11) is 0. The maximum absolute atomic E-state index is 12.3. The minimum Gasteiger partial charge on any atom is -0.287 e. The average molecular weight is 379 g/mol. The fourth-order valence-electron chi connectivity index (χ4n) is 2.33. The van der Waals surface area contributed by atoms with E-state index < -0.39 is 0 Å². The molecule has 0 saturated carbocycles. The summed E-state index contributed by atoms with van der Waals surface area (Å²) in [6, 6.07) is 21.6. The van der Waals surface area contributed by atoms with Gasteiger partial charge in [-0.25, -0.2) is 0 Å². The van der Waals surface area contributed by atoms with Crippen LogP contribution in [0.1, 0.15) is 21.5 Å². The van der Waals surface area contributed by atoms with Gasteiger partial charge in [-0.3, -0.25) is 4.79 Å². The van der Waals surface area contributed by atoms with E-state index in [1.807, 2.05) is 71.6 Å². The lowest BCUT2D eigenvalue weighted by Gasteiger charge is -1.99. The molecule has 24 heavy (non-hydrogen) atoms. The Bertz CT molecular complexity index is 837. The number of nitrogens with zero attached hydrogens (tertiary/aromatic N) is 1. The van der Waals surface area contributed by atoms with Crippen molar-refractivity contribution in [3.63, 3.8) is 0 Å². The molecule has 0 fully saturated rings. The number of halogens is 1. The summed E-state index contributed by atoms with van der Waals surface area (Å²) in [4.78, 5) is 12.3. The zero-order valence-electron chi connectivity index (χ0n) is 13.1. The van der Waals surface area contributed by atoms with Crippen molar-refractivity contribution >= 4 is 33.9 Å². The van der Waals surface area contributed by atoms with Gasteiger partial charge in [-0.2, -0.15) is 4.57 Å². The SMILES string of the molecule is O=C(C[n+]1ccc(C=Cc2ccccc2)cc1)c1ccc(Br)cc1. The molecule has 2 aromatic carbocycles. The second kappa shape index (κ2) is 7.84. The molecule has 2 nitrogen and oxygen atoms in total. The lowest BCUT2D eigenvalue weighted by atomic mass is 10.1. The summed E-state index contributed by atoms with van der Waals surface area (Å²) in [5.74, 6) is 0.0973. The van der Waals surface area contributed by atoms with Gasteiger partial charge < -0.3 is 0 Å². The third-order valence-corrected chi connectivity index (χ3v) is 4.21. The third kappa shape index (κ3) is 4.49. The Kier molecular flexibility index (Phi) is 5.34. The molecule has 3 rings (SSSR count). The summed E-state index contributed by atoms with van der Waals surface area (Å²) < 4.78 is 2.87. The molecule has 0 atom stereocenters. The van der Waals surface area contributed by atoms with E-state index in [9.17, 15) is 4.79 Å². The van der Waals surface area contributed by atoms with Crippen LogP contribution in [0.5, 0.6) is 0 Å². The first-order valence-corrected chi connectivity index (χ1v) is 8.51. The number of hydrogen-bond donors (Lipinski definition) is 0. The highest BCUT2D eigenvalue weighted by atomic mass is 79.9. The molecule has 0 spiro atoms. The lowest BCUT2D eigenvalue weighted by Crippen LogP contribution is -2.37. The fraction of sp³-hybridized carbons (Fsp3) is 0.0476. The van der Waals surface area contributed by atoms with Crippen molar-refractivity contribution in [1.29, 1.82) is 0 Å². The Hall–Kier alpha value is -2.52. The van der Waals surface area contributed by atoms with Crippen molar-refractivity contribution in [2.75, 3.05) is 0 Å². The second-order valence-corrected chi connectivity index (χ2v) is 6.39. The number of ketones is 1. The molecule has 0 amide bonds. The Labute approximate surface area is 150 Å². The van der Waals surface area contributed by atoms with Crippen LogP contribution in [0.25, 0.3) is 12.2 Å². The predicted octanol–water partition coefficient (Wildman–Crippen LogP) is 4.79. The Balaban J connectivity index is 1.65. The molecule has 118 valence electrons. The highest BCUT2D eigenvalue weighted by Gasteiger charge is 2.11. The first kappa shape index (κ1) is 16.3. The van der Waals surface area contributed by atoms with Gasteiger partial charge in [-0.15, -0.1) is 0 Å². The van der Waals surface area contributed by atoms with Gasteiger partial charge in [0.1, 0.15) is 0 Å². The van der Waals surface area contributed by atoms with E-state index in [4.69, 9.17) is 0 Å². The Morgan fingerprint density at radius 2 is 1.42 bits per heavy atom. The standard InChI is InChI=1S/C21H17BrNO/c22-20-10-8-19(9-11-20)21(24)16-23-14-12-18(13-15-23)7-6-17-4-2-1-3-5-17/h1-15H,16H2/q+1.